The van der Waals surface area contributed by atoms with Crippen LogP contribution in [-0.2, 0) is 19.0 Å². The van der Waals surface area contributed by atoms with Gasteiger partial charge in [0.1, 0.15) is 0 Å². The monoisotopic (exact) mass is 268 g/mol. The van der Waals surface area contributed by atoms with Gasteiger partial charge in [0.15, 0.2) is 0 Å². The minimum atomic E-state index is -0.139. The molecule has 0 amide bonds. The van der Waals surface area contributed by atoms with Crippen molar-refractivity contribution in [3.63, 3.8) is 0 Å². The fourth-order valence-corrected chi connectivity index (χ4v) is 2.10. The summed E-state index contributed by atoms with van der Waals surface area (Å²) >= 11 is 0. The Kier molecular flexibility index (Phi) is 7.98. The molecule has 4 nitrogen and oxygen atoms in total. The van der Waals surface area contributed by atoms with Crippen LogP contribution in [0.3, 0.4) is 0 Å². The summed E-state index contributed by atoms with van der Waals surface area (Å²) in [6, 6.07) is 0. The summed E-state index contributed by atoms with van der Waals surface area (Å²) in [5.74, 6) is 0.282. The Morgan fingerprint density at radius 2 is 2.26 bits per heavy atom. The largest absolute Gasteiger partial charge is 0.504 e. The molecule has 0 bridgehead atoms. The summed E-state index contributed by atoms with van der Waals surface area (Å²) in [7, 11) is 3.10. The molecule has 4 heteroatoms. The van der Waals surface area contributed by atoms with Crippen molar-refractivity contribution in [2.75, 3.05) is 27.4 Å². The first-order chi connectivity index (χ1) is 9.27. The first kappa shape index (κ1) is 15.8. The highest BCUT2D eigenvalue weighted by molar-refractivity contribution is 5.68. The Balaban J connectivity index is 2.22. The van der Waals surface area contributed by atoms with E-state index in [1.165, 1.54) is 12.7 Å². The van der Waals surface area contributed by atoms with Gasteiger partial charge in [0.2, 0.25) is 0 Å². The zero-order valence-corrected chi connectivity index (χ0v) is 11.9. The summed E-state index contributed by atoms with van der Waals surface area (Å²) in [6.45, 7) is 1.55. The van der Waals surface area contributed by atoms with Gasteiger partial charge in [-0.1, -0.05) is 12.2 Å². The maximum atomic E-state index is 10.9. The molecular formula is C15H24O4. The Bertz CT molecular complexity index is 320. The van der Waals surface area contributed by atoms with Gasteiger partial charge >= 0.3 is 5.97 Å². The third kappa shape index (κ3) is 6.43. The van der Waals surface area contributed by atoms with Crippen LogP contribution in [0.15, 0.2) is 24.0 Å². The Labute approximate surface area is 115 Å². The lowest BCUT2D eigenvalue weighted by atomic mass is 9.93. The van der Waals surface area contributed by atoms with E-state index in [0.717, 1.165) is 38.9 Å². The van der Waals surface area contributed by atoms with Gasteiger partial charge in [0.05, 0.1) is 33.7 Å². The fourth-order valence-electron chi connectivity index (χ4n) is 2.10. The number of unbranched alkanes of at least 4 members (excludes halogenated alkanes) is 1. The molecule has 0 spiro atoms. The number of allylic oxidation sites excluding steroid dienone is 2. The Morgan fingerprint density at radius 3 is 3.00 bits per heavy atom. The average Bonchev–Trinajstić information content (AvgIpc) is 2.44. The van der Waals surface area contributed by atoms with E-state index >= 15 is 0 Å². The van der Waals surface area contributed by atoms with E-state index in [1.54, 1.807) is 7.11 Å². The zero-order valence-electron chi connectivity index (χ0n) is 11.9. The van der Waals surface area contributed by atoms with Crippen LogP contribution in [-0.4, -0.2) is 33.4 Å². The van der Waals surface area contributed by atoms with Gasteiger partial charge < -0.3 is 14.2 Å². The summed E-state index contributed by atoms with van der Waals surface area (Å²) in [5, 5.41) is 0. The van der Waals surface area contributed by atoms with Crippen molar-refractivity contribution >= 4 is 5.97 Å². The van der Waals surface area contributed by atoms with Crippen molar-refractivity contribution < 1.29 is 19.0 Å². The molecule has 0 aliphatic carbocycles. The molecule has 108 valence electrons. The van der Waals surface area contributed by atoms with Crippen LogP contribution >= 0.6 is 0 Å². The minimum absolute atomic E-state index is 0.139. The molecule has 1 rings (SSSR count). The van der Waals surface area contributed by atoms with Gasteiger partial charge in [-0.25, -0.2) is 0 Å². The first-order valence-corrected chi connectivity index (χ1v) is 6.79. The molecule has 0 aromatic carbocycles. The molecule has 0 saturated carbocycles. The van der Waals surface area contributed by atoms with Crippen molar-refractivity contribution in [3.8, 4) is 0 Å². The SMILES string of the molecule is COC=C1CCOCC1CC=CCCCC(=O)OC. The number of carbonyl (C=O) groups is 1. The van der Waals surface area contributed by atoms with Gasteiger partial charge in [-0.15, -0.1) is 0 Å². The summed E-state index contributed by atoms with van der Waals surface area (Å²) in [5.41, 5.74) is 1.33. The molecule has 0 aromatic heterocycles. The van der Waals surface area contributed by atoms with Crippen molar-refractivity contribution in [3.05, 3.63) is 24.0 Å². The predicted molar refractivity (Wildman–Crippen MR) is 73.6 cm³/mol. The second-order valence-corrected chi connectivity index (χ2v) is 4.63. The predicted octanol–water partition coefficient (Wildman–Crippen LogP) is 2.84. The number of methoxy groups -OCH3 is 2. The normalized spacial score (nSPS) is 21.8. The lowest BCUT2D eigenvalue weighted by molar-refractivity contribution is -0.140. The molecule has 1 aliphatic rings. The molecule has 1 fully saturated rings. The molecule has 0 N–H and O–H groups in total. The van der Waals surface area contributed by atoms with Crippen LogP contribution in [0.2, 0.25) is 0 Å². The molecule has 1 heterocycles. The third-order valence-electron chi connectivity index (χ3n) is 3.21. The average molecular weight is 268 g/mol. The van der Waals surface area contributed by atoms with Gasteiger partial charge in [-0.05, 0) is 31.3 Å². The summed E-state index contributed by atoms with van der Waals surface area (Å²) < 4.78 is 15.2. The Hall–Kier alpha value is -1.29. The third-order valence-corrected chi connectivity index (χ3v) is 3.21. The second kappa shape index (κ2) is 9.62. The lowest BCUT2D eigenvalue weighted by Gasteiger charge is -2.24. The van der Waals surface area contributed by atoms with Crippen LogP contribution in [0.5, 0.6) is 0 Å². The van der Waals surface area contributed by atoms with E-state index in [2.05, 4.69) is 16.9 Å². The highest BCUT2D eigenvalue weighted by atomic mass is 16.5. The van der Waals surface area contributed by atoms with Crippen LogP contribution in [0.4, 0.5) is 0 Å². The number of hydrogen-bond donors (Lipinski definition) is 0. The van der Waals surface area contributed by atoms with Crippen molar-refractivity contribution in [1.82, 2.24) is 0 Å². The molecule has 1 aliphatic heterocycles. The van der Waals surface area contributed by atoms with Gasteiger partial charge in [-0.3, -0.25) is 4.79 Å². The zero-order chi connectivity index (χ0) is 13.9. The summed E-state index contributed by atoms with van der Waals surface area (Å²) in [6.07, 6.45) is 10.3. The molecule has 1 unspecified atom stereocenters. The number of carbonyl (C=O) groups excluding carboxylic acids is 1. The maximum Gasteiger partial charge on any atom is 0.305 e. The van der Waals surface area contributed by atoms with Crippen molar-refractivity contribution in [2.45, 2.75) is 32.1 Å². The van der Waals surface area contributed by atoms with E-state index in [0.29, 0.717) is 12.3 Å². The van der Waals surface area contributed by atoms with Crippen molar-refractivity contribution in [2.24, 2.45) is 5.92 Å². The lowest BCUT2D eigenvalue weighted by Crippen LogP contribution is -2.19. The van der Waals surface area contributed by atoms with Crippen LogP contribution in [0.25, 0.3) is 0 Å². The minimum Gasteiger partial charge on any atom is -0.504 e. The van der Waals surface area contributed by atoms with Gasteiger partial charge in [0, 0.05) is 12.3 Å². The van der Waals surface area contributed by atoms with E-state index < -0.39 is 0 Å². The first-order valence-electron chi connectivity index (χ1n) is 6.79. The quantitative estimate of drug-likeness (QED) is 0.308. The second-order valence-electron chi connectivity index (χ2n) is 4.63. The number of hydrogen-bond acceptors (Lipinski definition) is 4. The molecule has 19 heavy (non-hydrogen) atoms. The maximum absolute atomic E-state index is 10.9. The molecule has 0 aromatic rings. The van der Waals surface area contributed by atoms with E-state index in [9.17, 15) is 4.79 Å². The summed E-state index contributed by atoms with van der Waals surface area (Å²) in [4.78, 5) is 10.9. The molecule has 0 radical (unpaired) electrons. The Morgan fingerprint density at radius 1 is 1.42 bits per heavy atom. The number of ether oxygens (including phenoxy) is 3. The molecule has 1 atom stereocenters. The van der Waals surface area contributed by atoms with Gasteiger partial charge in [0.25, 0.3) is 0 Å². The molecular weight excluding hydrogens is 244 g/mol. The fraction of sp³-hybridized carbons (Fsp3) is 0.667. The molecule has 1 saturated heterocycles. The number of esters is 1. The standard InChI is InChI=1S/C15H24O4/c1-17-11-14-9-10-19-12-13(14)7-5-3-4-6-8-15(16)18-2/h3,5,11,13H,4,6-10,12H2,1-2H3. The smallest absolute Gasteiger partial charge is 0.305 e. The topological polar surface area (TPSA) is 44.8 Å². The number of rotatable bonds is 7. The van der Waals surface area contributed by atoms with Gasteiger partial charge in [-0.2, -0.15) is 0 Å². The van der Waals surface area contributed by atoms with Crippen LogP contribution in [0, 0.1) is 5.92 Å². The van der Waals surface area contributed by atoms with E-state index in [-0.39, 0.29) is 5.97 Å². The van der Waals surface area contributed by atoms with E-state index in [4.69, 9.17) is 9.47 Å². The van der Waals surface area contributed by atoms with Crippen LogP contribution < -0.4 is 0 Å². The van der Waals surface area contributed by atoms with Crippen LogP contribution in [0.1, 0.15) is 32.1 Å². The van der Waals surface area contributed by atoms with Crippen molar-refractivity contribution in [1.29, 1.82) is 0 Å². The highest BCUT2D eigenvalue weighted by Crippen LogP contribution is 2.24. The van der Waals surface area contributed by atoms with E-state index in [1.807, 2.05) is 6.26 Å². The highest BCUT2D eigenvalue weighted by Gasteiger charge is 2.18.